The normalized spacial score (nSPS) is 17.7. The van der Waals surface area contributed by atoms with Gasteiger partial charge in [0.25, 0.3) is 5.69 Å². The fourth-order valence-electron chi connectivity index (χ4n) is 2.50. The summed E-state index contributed by atoms with van der Waals surface area (Å²) in [4.78, 5) is 26.8. The molecule has 1 aromatic rings. The highest BCUT2D eigenvalue weighted by Crippen LogP contribution is 2.31. The van der Waals surface area contributed by atoms with Gasteiger partial charge in [-0.3, -0.25) is 14.9 Å². The van der Waals surface area contributed by atoms with Crippen LogP contribution in [0.3, 0.4) is 0 Å². The van der Waals surface area contributed by atoms with E-state index < -0.39 is 4.92 Å². The van der Waals surface area contributed by atoms with E-state index >= 15 is 0 Å². The predicted octanol–water partition coefficient (Wildman–Crippen LogP) is 2.82. The third kappa shape index (κ3) is 3.11. The molecule has 1 atom stereocenters. The molecule has 8 heteroatoms. The molecule has 8 nitrogen and oxygen atoms in total. The minimum atomic E-state index is -0.471. The zero-order valence-electron chi connectivity index (χ0n) is 11.6. The van der Waals surface area contributed by atoms with Crippen LogP contribution in [0.15, 0.2) is 23.3 Å². The number of anilines is 1. The number of non-ortho nitro benzene ring substituents is 1. The lowest BCUT2D eigenvalue weighted by molar-refractivity contribution is -0.384. The monoisotopic (exact) mass is 289 g/mol. The second-order valence-corrected chi connectivity index (χ2v) is 4.91. The fraction of sp³-hybridized carbons (Fsp3) is 0.462. The van der Waals surface area contributed by atoms with E-state index in [1.54, 1.807) is 11.0 Å². The highest BCUT2D eigenvalue weighted by atomic mass is 16.6. The van der Waals surface area contributed by atoms with E-state index in [9.17, 15) is 14.9 Å². The van der Waals surface area contributed by atoms with Crippen molar-refractivity contribution in [1.29, 1.82) is 0 Å². The molecule has 1 heterocycles. The molecule has 0 saturated carbocycles. The number of nitro benzene ring substituents is 1. The SMILES string of the molecule is CCc1ccc([N+](=O)[O-])cc1N1CC(CN=[N+]=[N-])CC1=O. The molecule has 2 rings (SSSR count). The molecule has 0 bridgehead atoms. The van der Waals surface area contributed by atoms with Gasteiger partial charge in [0, 0.05) is 36.6 Å². The fourth-order valence-corrected chi connectivity index (χ4v) is 2.50. The van der Waals surface area contributed by atoms with Gasteiger partial charge in [-0.15, -0.1) is 0 Å². The van der Waals surface area contributed by atoms with Crippen molar-refractivity contribution in [3.8, 4) is 0 Å². The van der Waals surface area contributed by atoms with E-state index in [4.69, 9.17) is 5.53 Å². The summed E-state index contributed by atoms with van der Waals surface area (Å²) in [6.45, 7) is 2.61. The first-order valence-corrected chi connectivity index (χ1v) is 6.65. The molecule has 1 aliphatic heterocycles. The number of azide groups is 1. The minimum absolute atomic E-state index is 0.0338. The number of carbonyl (C=O) groups is 1. The highest BCUT2D eigenvalue weighted by molar-refractivity contribution is 5.96. The van der Waals surface area contributed by atoms with E-state index in [0.717, 1.165) is 5.56 Å². The summed E-state index contributed by atoms with van der Waals surface area (Å²) < 4.78 is 0. The first kappa shape index (κ1) is 14.8. The molecular formula is C13H15N5O3. The Bertz CT molecular complexity index is 624. The van der Waals surface area contributed by atoms with E-state index in [-0.39, 0.29) is 24.1 Å². The topological polar surface area (TPSA) is 112 Å². The highest BCUT2D eigenvalue weighted by Gasteiger charge is 2.31. The molecule has 1 fully saturated rings. The van der Waals surface area contributed by atoms with Crippen LogP contribution in [0.2, 0.25) is 0 Å². The van der Waals surface area contributed by atoms with Crippen LogP contribution in [0, 0.1) is 16.0 Å². The molecule has 0 aromatic heterocycles. The zero-order valence-corrected chi connectivity index (χ0v) is 11.6. The van der Waals surface area contributed by atoms with Crippen LogP contribution in [0.1, 0.15) is 18.9 Å². The third-order valence-corrected chi connectivity index (χ3v) is 3.56. The lowest BCUT2D eigenvalue weighted by atomic mass is 10.1. The van der Waals surface area contributed by atoms with Crippen LogP contribution in [-0.2, 0) is 11.2 Å². The maximum atomic E-state index is 12.1. The number of carbonyl (C=O) groups excluding carboxylic acids is 1. The second-order valence-electron chi connectivity index (χ2n) is 4.91. The van der Waals surface area contributed by atoms with Crippen LogP contribution in [0.5, 0.6) is 0 Å². The van der Waals surface area contributed by atoms with E-state index in [1.165, 1.54) is 12.1 Å². The van der Waals surface area contributed by atoms with Gasteiger partial charge in [0.15, 0.2) is 0 Å². The number of rotatable bonds is 5. The van der Waals surface area contributed by atoms with Gasteiger partial charge in [-0.05, 0) is 23.4 Å². The van der Waals surface area contributed by atoms with Crippen molar-refractivity contribution in [2.75, 3.05) is 18.0 Å². The van der Waals surface area contributed by atoms with Crippen molar-refractivity contribution in [2.24, 2.45) is 11.0 Å². The Hall–Kier alpha value is -2.60. The molecule has 21 heavy (non-hydrogen) atoms. The number of benzene rings is 1. The van der Waals surface area contributed by atoms with Gasteiger partial charge < -0.3 is 4.90 Å². The van der Waals surface area contributed by atoms with E-state index in [2.05, 4.69) is 10.0 Å². The lowest BCUT2D eigenvalue weighted by Gasteiger charge is -2.19. The Labute approximate surface area is 121 Å². The number of nitro groups is 1. The number of hydrogen-bond acceptors (Lipinski definition) is 4. The average molecular weight is 289 g/mol. The molecule has 110 valence electrons. The smallest absolute Gasteiger partial charge is 0.271 e. The van der Waals surface area contributed by atoms with Crippen LogP contribution < -0.4 is 4.90 Å². The minimum Gasteiger partial charge on any atom is -0.312 e. The first-order valence-electron chi connectivity index (χ1n) is 6.65. The summed E-state index contributed by atoms with van der Waals surface area (Å²) >= 11 is 0. The van der Waals surface area contributed by atoms with Crippen molar-refractivity contribution in [1.82, 2.24) is 0 Å². The number of amides is 1. The zero-order chi connectivity index (χ0) is 15.4. The van der Waals surface area contributed by atoms with Gasteiger partial charge in [0.1, 0.15) is 0 Å². The Balaban J connectivity index is 2.32. The third-order valence-electron chi connectivity index (χ3n) is 3.56. The summed E-state index contributed by atoms with van der Waals surface area (Å²) in [7, 11) is 0. The molecule has 1 aliphatic rings. The summed E-state index contributed by atoms with van der Waals surface area (Å²) in [5.74, 6) is -0.138. The van der Waals surface area contributed by atoms with Gasteiger partial charge in [0.05, 0.1) is 10.6 Å². The van der Waals surface area contributed by atoms with Crippen LogP contribution in [0.4, 0.5) is 11.4 Å². The molecular weight excluding hydrogens is 274 g/mol. The number of aryl methyl sites for hydroxylation is 1. The molecule has 1 unspecified atom stereocenters. The molecule has 0 radical (unpaired) electrons. The standard InChI is InChI=1S/C13H15N5O3/c1-2-10-3-4-11(18(20)21)6-12(10)17-8-9(5-13(17)19)7-15-16-14/h3-4,6,9H,2,5,7-8H2,1H3. The Morgan fingerprint density at radius 1 is 1.57 bits per heavy atom. The molecule has 1 saturated heterocycles. The average Bonchev–Trinajstić information content (AvgIpc) is 2.85. The molecule has 1 aromatic carbocycles. The van der Waals surface area contributed by atoms with Crippen molar-refractivity contribution >= 4 is 17.3 Å². The van der Waals surface area contributed by atoms with Crippen LogP contribution >= 0.6 is 0 Å². The molecule has 0 spiro atoms. The molecule has 0 N–H and O–H groups in total. The van der Waals surface area contributed by atoms with Crippen molar-refractivity contribution < 1.29 is 9.72 Å². The van der Waals surface area contributed by atoms with Gasteiger partial charge in [-0.25, -0.2) is 0 Å². The number of nitrogens with zero attached hydrogens (tertiary/aromatic N) is 5. The van der Waals surface area contributed by atoms with Crippen LogP contribution in [0.25, 0.3) is 10.4 Å². The largest absolute Gasteiger partial charge is 0.312 e. The van der Waals surface area contributed by atoms with Crippen molar-refractivity contribution in [3.05, 3.63) is 44.3 Å². The predicted molar refractivity (Wildman–Crippen MR) is 76.9 cm³/mol. The molecule has 0 aliphatic carbocycles. The van der Waals surface area contributed by atoms with Gasteiger partial charge >= 0.3 is 0 Å². The van der Waals surface area contributed by atoms with Gasteiger partial charge in [-0.1, -0.05) is 18.1 Å². The lowest BCUT2D eigenvalue weighted by Crippen LogP contribution is -2.26. The Kier molecular flexibility index (Phi) is 4.39. The maximum absolute atomic E-state index is 12.1. The van der Waals surface area contributed by atoms with E-state index in [0.29, 0.717) is 25.1 Å². The van der Waals surface area contributed by atoms with Crippen molar-refractivity contribution in [2.45, 2.75) is 19.8 Å². The Morgan fingerprint density at radius 3 is 2.95 bits per heavy atom. The quantitative estimate of drug-likeness (QED) is 0.273. The summed E-state index contributed by atoms with van der Waals surface area (Å²) in [6.07, 6.45) is 0.975. The summed E-state index contributed by atoms with van der Waals surface area (Å²) in [6, 6.07) is 4.56. The summed E-state index contributed by atoms with van der Waals surface area (Å²) in [5, 5.41) is 14.4. The second kappa shape index (κ2) is 6.23. The first-order chi connectivity index (χ1) is 10.1. The van der Waals surface area contributed by atoms with E-state index in [1.807, 2.05) is 6.92 Å². The van der Waals surface area contributed by atoms with Gasteiger partial charge in [0.2, 0.25) is 5.91 Å². The Morgan fingerprint density at radius 2 is 2.33 bits per heavy atom. The van der Waals surface area contributed by atoms with Gasteiger partial charge in [-0.2, -0.15) is 0 Å². The summed E-state index contributed by atoms with van der Waals surface area (Å²) in [5.41, 5.74) is 9.78. The molecule has 1 amide bonds. The number of hydrogen-bond donors (Lipinski definition) is 0. The van der Waals surface area contributed by atoms with Crippen molar-refractivity contribution in [3.63, 3.8) is 0 Å². The van der Waals surface area contributed by atoms with Crippen LogP contribution in [-0.4, -0.2) is 23.9 Å². The maximum Gasteiger partial charge on any atom is 0.271 e.